The van der Waals surface area contributed by atoms with Crippen molar-refractivity contribution in [2.24, 2.45) is 0 Å². The number of hydrogen-bond acceptors (Lipinski definition) is 8. The van der Waals surface area contributed by atoms with Crippen LogP contribution in [0.2, 0.25) is 0 Å². The number of pyridine rings is 1. The monoisotopic (exact) mass is 421 g/mol. The van der Waals surface area contributed by atoms with E-state index in [2.05, 4.69) is 19.9 Å². The van der Waals surface area contributed by atoms with Gasteiger partial charge in [-0.05, 0) is 18.2 Å². The number of methoxy groups -OCH3 is 1. The number of aliphatic hydroxyl groups is 1. The number of fused-ring (bicyclic) bond motifs is 1. The largest absolute Gasteiger partial charge is 0.393 e. The van der Waals surface area contributed by atoms with E-state index in [0.29, 0.717) is 24.9 Å². The van der Waals surface area contributed by atoms with E-state index >= 15 is 0 Å². The van der Waals surface area contributed by atoms with Gasteiger partial charge in [-0.3, -0.25) is 4.40 Å². The molecule has 0 bridgehead atoms. The summed E-state index contributed by atoms with van der Waals surface area (Å²) in [7, 11) is 1.53. The van der Waals surface area contributed by atoms with E-state index in [0.717, 1.165) is 35.9 Å². The Morgan fingerprint density at radius 2 is 1.97 bits per heavy atom. The van der Waals surface area contributed by atoms with Crippen LogP contribution in [0.1, 0.15) is 11.9 Å². The third-order valence-electron chi connectivity index (χ3n) is 5.29. The molecule has 0 radical (unpaired) electrons. The number of aliphatic hydroxyl groups excluding tert-OH is 1. The minimum Gasteiger partial charge on any atom is -0.393 e. The first-order valence-electron chi connectivity index (χ1n) is 10.1. The van der Waals surface area contributed by atoms with Crippen LogP contribution < -0.4 is 4.90 Å². The van der Waals surface area contributed by atoms with Crippen molar-refractivity contribution in [2.45, 2.75) is 6.10 Å². The fraction of sp³-hybridized carbons (Fsp3) is 0.333. The zero-order valence-corrected chi connectivity index (χ0v) is 17.1. The van der Waals surface area contributed by atoms with Crippen LogP contribution >= 0.6 is 0 Å². The summed E-state index contributed by atoms with van der Waals surface area (Å²) >= 11 is 0. The number of hydrogen-bond donors (Lipinski definition) is 1. The summed E-state index contributed by atoms with van der Waals surface area (Å²) in [6, 6.07) is 9.68. The molecule has 0 spiro atoms. The Hall–Kier alpha value is -3.34. The van der Waals surface area contributed by atoms with Crippen LogP contribution in [0.3, 0.4) is 0 Å². The van der Waals surface area contributed by atoms with E-state index in [1.54, 1.807) is 10.9 Å². The second-order valence-electron chi connectivity index (χ2n) is 7.17. The summed E-state index contributed by atoms with van der Waals surface area (Å²) in [6.45, 7) is 2.54. The molecule has 0 aromatic carbocycles. The van der Waals surface area contributed by atoms with Crippen molar-refractivity contribution in [3.05, 3.63) is 54.7 Å². The van der Waals surface area contributed by atoms with Crippen molar-refractivity contribution in [1.29, 1.82) is 0 Å². The smallest absolute Gasteiger partial charge is 0.164 e. The summed E-state index contributed by atoms with van der Waals surface area (Å²) in [5, 5.41) is 14.4. The highest BCUT2D eigenvalue weighted by Gasteiger charge is 2.20. The Morgan fingerprint density at radius 3 is 2.77 bits per heavy atom. The zero-order chi connectivity index (χ0) is 21.2. The molecule has 1 fully saturated rings. The van der Waals surface area contributed by atoms with Crippen LogP contribution in [0.5, 0.6) is 0 Å². The topological polar surface area (TPSA) is 103 Å². The van der Waals surface area contributed by atoms with E-state index in [-0.39, 0.29) is 6.61 Å². The Labute approximate surface area is 178 Å². The summed E-state index contributed by atoms with van der Waals surface area (Å²) < 4.78 is 14.5. The van der Waals surface area contributed by atoms with Gasteiger partial charge in [0.25, 0.3) is 0 Å². The number of anilines is 1. The maximum atomic E-state index is 9.70. The second kappa shape index (κ2) is 8.42. The van der Waals surface area contributed by atoms with Crippen molar-refractivity contribution < 1.29 is 14.6 Å². The van der Waals surface area contributed by atoms with Crippen LogP contribution in [0.15, 0.2) is 48.9 Å². The molecule has 0 amide bonds. The third-order valence-corrected chi connectivity index (χ3v) is 5.29. The van der Waals surface area contributed by atoms with Gasteiger partial charge in [0.15, 0.2) is 11.6 Å². The zero-order valence-electron chi connectivity index (χ0n) is 17.1. The fourth-order valence-corrected chi connectivity index (χ4v) is 3.63. The second-order valence-corrected chi connectivity index (χ2v) is 7.17. The number of imidazole rings is 1. The van der Waals surface area contributed by atoms with Crippen LogP contribution in [0.25, 0.3) is 22.9 Å². The first-order chi connectivity index (χ1) is 15.3. The molecule has 0 saturated carbocycles. The minimum absolute atomic E-state index is 0.214. The average Bonchev–Trinajstić information content (AvgIpc) is 3.48. The van der Waals surface area contributed by atoms with Gasteiger partial charge < -0.3 is 19.5 Å². The van der Waals surface area contributed by atoms with Crippen molar-refractivity contribution in [1.82, 2.24) is 29.1 Å². The van der Waals surface area contributed by atoms with Gasteiger partial charge in [0.1, 0.15) is 23.3 Å². The standard InChI is InChI=1S/C21H23N7O3/c1-30-17(14-29)21-23-19(26-8-10-31-11-9-26)12-20(24-21)28-7-5-15(25-28)16-13-22-18-4-2-3-6-27(16)18/h2-7,12-13,17,29H,8-11,14H2,1H3/t17-/m1/s1. The molecule has 160 valence electrons. The lowest BCUT2D eigenvalue weighted by molar-refractivity contribution is 0.0422. The van der Waals surface area contributed by atoms with Crippen molar-refractivity contribution in [3.8, 4) is 17.2 Å². The van der Waals surface area contributed by atoms with Gasteiger partial charge in [-0.15, -0.1) is 0 Å². The maximum absolute atomic E-state index is 9.70. The molecule has 5 rings (SSSR count). The lowest BCUT2D eigenvalue weighted by Crippen LogP contribution is -2.37. The van der Waals surface area contributed by atoms with Gasteiger partial charge in [-0.1, -0.05) is 6.07 Å². The normalized spacial score (nSPS) is 15.5. The van der Waals surface area contributed by atoms with Gasteiger partial charge in [0, 0.05) is 38.7 Å². The van der Waals surface area contributed by atoms with E-state index in [4.69, 9.17) is 14.6 Å². The molecule has 5 heterocycles. The number of ether oxygens (including phenoxy) is 2. The Balaban J connectivity index is 1.55. The molecule has 1 N–H and O–H groups in total. The molecule has 1 aliphatic heterocycles. The van der Waals surface area contributed by atoms with Gasteiger partial charge in [0.2, 0.25) is 0 Å². The van der Waals surface area contributed by atoms with E-state index in [1.165, 1.54) is 7.11 Å². The molecule has 1 atom stereocenters. The third kappa shape index (κ3) is 3.76. The molecule has 1 saturated heterocycles. The number of aromatic nitrogens is 6. The molecule has 0 unspecified atom stereocenters. The average molecular weight is 421 g/mol. The number of morpholine rings is 1. The van der Waals surface area contributed by atoms with E-state index in [9.17, 15) is 5.11 Å². The lowest BCUT2D eigenvalue weighted by Gasteiger charge is -2.28. The summed E-state index contributed by atoms with van der Waals surface area (Å²) in [6.07, 6.45) is 5.00. The van der Waals surface area contributed by atoms with Crippen LogP contribution in [-0.4, -0.2) is 74.3 Å². The van der Waals surface area contributed by atoms with Gasteiger partial charge in [-0.2, -0.15) is 5.10 Å². The molecule has 4 aromatic heterocycles. The van der Waals surface area contributed by atoms with Gasteiger partial charge in [-0.25, -0.2) is 19.6 Å². The van der Waals surface area contributed by atoms with E-state index in [1.807, 2.05) is 47.1 Å². The van der Waals surface area contributed by atoms with Crippen LogP contribution in [-0.2, 0) is 9.47 Å². The highest BCUT2D eigenvalue weighted by atomic mass is 16.5. The summed E-state index contributed by atoms with van der Waals surface area (Å²) in [5.41, 5.74) is 2.52. The molecule has 0 aliphatic carbocycles. The molecular weight excluding hydrogens is 398 g/mol. The summed E-state index contributed by atoms with van der Waals surface area (Å²) in [5.74, 6) is 1.77. The van der Waals surface area contributed by atoms with Crippen LogP contribution in [0, 0.1) is 0 Å². The molecule has 4 aromatic rings. The molecular formula is C21H23N7O3. The maximum Gasteiger partial charge on any atom is 0.164 e. The Bertz CT molecular complexity index is 1180. The molecule has 10 nitrogen and oxygen atoms in total. The highest BCUT2D eigenvalue weighted by molar-refractivity contribution is 5.60. The summed E-state index contributed by atoms with van der Waals surface area (Å²) in [4.78, 5) is 15.8. The van der Waals surface area contributed by atoms with Crippen LogP contribution in [0.4, 0.5) is 5.82 Å². The van der Waals surface area contributed by atoms with Crippen molar-refractivity contribution in [2.75, 3.05) is 44.9 Å². The quantitative estimate of drug-likeness (QED) is 0.500. The molecule has 10 heteroatoms. The Kier molecular flexibility index (Phi) is 5.33. The van der Waals surface area contributed by atoms with Gasteiger partial charge in [0.05, 0.1) is 31.7 Å². The SMILES string of the molecule is CO[C@H](CO)c1nc(N2CCOCC2)cc(-n2ccc(-c3cnc4ccccn34)n2)n1. The predicted octanol–water partition coefficient (Wildman–Crippen LogP) is 1.49. The van der Waals surface area contributed by atoms with Crippen molar-refractivity contribution in [3.63, 3.8) is 0 Å². The molecule has 1 aliphatic rings. The Morgan fingerprint density at radius 1 is 1.13 bits per heavy atom. The van der Waals surface area contributed by atoms with Gasteiger partial charge >= 0.3 is 0 Å². The highest BCUT2D eigenvalue weighted by Crippen LogP contribution is 2.23. The first kappa shape index (κ1) is 19.6. The minimum atomic E-state index is -0.617. The first-order valence-corrected chi connectivity index (χ1v) is 10.1. The molecule has 31 heavy (non-hydrogen) atoms. The lowest BCUT2D eigenvalue weighted by atomic mass is 10.3. The van der Waals surface area contributed by atoms with Crippen molar-refractivity contribution >= 4 is 11.5 Å². The number of rotatable bonds is 6. The number of nitrogens with zero attached hydrogens (tertiary/aromatic N) is 7. The fourth-order valence-electron chi connectivity index (χ4n) is 3.63. The van der Waals surface area contributed by atoms with E-state index < -0.39 is 6.10 Å². The predicted molar refractivity (Wildman–Crippen MR) is 113 cm³/mol.